The summed E-state index contributed by atoms with van der Waals surface area (Å²) < 4.78 is 0. The van der Waals surface area contributed by atoms with E-state index in [1.165, 1.54) is 57.8 Å². The minimum Gasteiger partial charge on any atom is -0.349 e. The zero-order valence-electron chi connectivity index (χ0n) is 19.0. The average Bonchev–Trinajstić information content (AvgIpc) is 3.05. The van der Waals surface area contributed by atoms with Crippen molar-refractivity contribution in [2.45, 2.75) is 90.5 Å². The second-order valence-electron chi connectivity index (χ2n) is 11.5. The van der Waals surface area contributed by atoms with E-state index in [0.717, 1.165) is 25.9 Å². The second-order valence-corrected chi connectivity index (χ2v) is 11.5. The summed E-state index contributed by atoms with van der Waals surface area (Å²) in [6.45, 7) is 6.80. The number of hydrogen-bond donors (Lipinski definition) is 1. The smallest absolute Gasteiger partial charge is 0.243 e. The molecular formula is C26H40N2O2. The Labute approximate surface area is 182 Å². The maximum atomic E-state index is 13.7. The molecule has 4 heteroatoms. The first-order valence-electron chi connectivity index (χ1n) is 12.7. The molecule has 4 fully saturated rings. The van der Waals surface area contributed by atoms with Crippen LogP contribution in [0.1, 0.15) is 84.5 Å². The number of rotatable bonds is 1. The normalized spacial score (nSPS) is 46.1. The highest BCUT2D eigenvalue weighted by Gasteiger charge is 2.61. The molecule has 0 spiro atoms. The van der Waals surface area contributed by atoms with Crippen LogP contribution >= 0.6 is 0 Å². The molecule has 3 aliphatic carbocycles. The van der Waals surface area contributed by atoms with Gasteiger partial charge in [-0.25, -0.2) is 0 Å². The van der Waals surface area contributed by atoms with Crippen LogP contribution in [0.4, 0.5) is 0 Å². The van der Waals surface area contributed by atoms with Gasteiger partial charge in [-0.1, -0.05) is 39.2 Å². The number of hydrogen-bond acceptors (Lipinski definition) is 2. The average molecular weight is 413 g/mol. The van der Waals surface area contributed by atoms with Gasteiger partial charge in [-0.15, -0.1) is 0 Å². The first kappa shape index (κ1) is 20.6. The van der Waals surface area contributed by atoms with E-state index in [1.807, 2.05) is 0 Å². The summed E-state index contributed by atoms with van der Waals surface area (Å²) in [5.41, 5.74) is 0.259. The van der Waals surface area contributed by atoms with E-state index in [0.29, 0.717) is 29.7 Å². The zero-order chi connectivity index (χ0) is 20.9. The molecule has 0 unspecified atom stereocenters. The molecule has 2 heterocycles. The lowest BCUT2D eigenvalue weighted by Crippen LogP contribution is -2.59. The fourth-order valence-corrected chi connectivity index (χ4v) is 8.43. The third-order valence-corrected chi connectivity index (χ3v) is 10.2. The zero-order valence-corrected chi connectivity index (χ0v) is 19.0. The number of nitrogens with zero attached hydrogens (tertiary/aromatic N) is 1. The molecule has 5 aliphatic rings. The maximum absolute atomic E-state index is 13.7. The van der Waals surface area contributed by atoms with Crippen molar-refractivity contribution in [3.8, 4) is 0 Å². The van der Waals surface area contributed by atoms with E-state index in [2.05, 4.69) is 30.1 Å². The summed E-state index contributed by atoms with van der Waals surface area (Å²) in [5, 5.41) is 3.26. The summed E-state index contributed by atoms with van der Waals surface area (Å²) in [7, 11) is 0. The van der Waals surface area contributed by atoms with Crippen molar-refractivity contribution in [2.24, 2.45) is 34.5 Å². The predicted molar refractivity (Wildman–Crippen MR) is 119 cm³/mol. The highest BCUT2D eigenvalue weighted by Crippen LogP contribution is 2.65. The Balaban J connectivity index is 1.36. The maximum Gasteiger partial charge on any atom is 0.243 e. The monoisotopic (exact) mass is 412 g/mol. The van der Waals surface area contributed by atoms with Gasteiger partial charge < -0.3 is 10.2 Å². The third-order valence-electron chi connectivity index (χ3n) is 10.2. The molecule has 0 radical (unpaired) electrons. The van der Waals surface area contributed by atoms with Gasteiger partial charge in [-0.05, 0) is 80.6 Å². The number of fused-ring (bicyclic) bond motifs is 5. The summed E-state index contributed by atoms with van der Waals surface area (Å²) in [6, 6.07) is 0.292. The molecule has 2 aliphatic heterocycles. The minimum atomic E-state index is 0.0800. The van der Waals surface area contributed by atoms with E-state index < -0.39 is 0 Å². The van der Waals surface area contributed by atoms with Crippen LogP contribution < -0.4 is 5.32 Å². The quantitative estimate of drug-likeness (QED) is 0.679. The van der Waals surface area contributed by atoms with Crippen LogP contribution in [0.5, 0.6) is 0 Å². The van der Waals surface area contributed by atoms with Crippen molar-refractivity contribution in [1.82, 2.24) is 10.2 Å². The highest BCUT2D eigenvalue weighted by atomic mass is 16.2. The Kier molecular flexibility index (Phi) is 5.26. The van der Waals surface area contributed by atoms with E-state index in [4.69, 9.17) is 0 Å². The Hall–Kier alpha value is -1.32. The molecule has 1 N–H and O–H groups in total. The van der Waals surface area contributed by atoms with Crippen LogP contribution in [0.15, 0.2) is 12.2 Å². The number of likely N-dealkylation sites (tertiary alicyclic amines) is 1. The second kappa shape index (κ2) is 7.67. The Bertz CT molecular complexity index is 725. The van der Waals surface area contributed by atoms with Gasteiger partial charge in [0.25, 0.3) is 0 Å². The Morgan fingerprint density at radius 3 is 2.47 bits per heavy atom. The van der Waals surface area contributed by atoms with Gasteiger partial charge in [0.1, 0.15) is 0 Å². The molecule has 0 aromatic heterocycles. The van der Waals surface area contributed by atoms with Crippen LogP contribution in [-0.2, 0) is 9.59 Å². The van der Waals surface area contributed by atoms with Crippen LogP contribution in [0.2, 0.25) is 0 Å². The molecular weight excluding hydrogens is 372 g/mol. The van der Waals surface area contributed by atoms with Crippen LogP contribution in [0.3, 0.4) is 0 Å². The van der Waals surface area contributed by atoms with Gasteiger partial charge in [-0.2, -0.15) is 0 Å². The predicted octanol–water partition coefficient (Wildman–Crippen LogP) is 4.69. The summed E-state index contributed by atoms with van der Waals surface area (Å²) >= 11 is 0. The first-order valence-corrected chi connectivity index (χ1v) is 12.7. The van der Waals surface area contributed by atoms with Gasteiger partial charge in [0, 0.05) is 30.5 Å². The SMILES string of the molecule is C[C@]12C=CC(=O)N[C@@H]1CC[C@@H]1[C@@H]2CC[C@]2(C)[C@@H](C(=O)N3CCCCCCC3)CC[C@@H]12. The van der Waals surface area contributed by atoms with Gasteiger partial charge in [0.05, 0.1) is 0 Å². The molecule has 3 saturated carbocycles. The number of amides is 2. The van der Waals surface area contributed by atoms with Crippen molar-refractivity contribution in [3.63, 3.8) is 0 Å². The highest BCUT2D eigenvalue weighted by molar-refractivity contribution is 5.89. The number of carbonyl (C=O) groups excluding carboxylic acids is 2. The van der Waals surface area contributed by atoms with E-state index in [1.54, 1.807) is 6.08 Å². The molecule has 0 aromatic carbocycles. The van der Waals surface area contributed by atoms with Crippen molar-refractivity contribution in [2.75, 3.05) is 13.1 Å². The Morgan fingerprint density at radius 1 is 0.967 bits per heavy atom. The lowest BCUT2D eigenvalue weighted by molar-refractivity contribution is -0.144. The lowest BCUT2D eigenvalue weighted by Gasteiger charge is -2.58. The number of nitrogens with one attached hydrogen (secondary N) is 1. The fourth-order valence-electron chi connectivity index (χ4n) is 8.43. The molecule has 4 nitrogen and oxygen atoms in total. The van der Waals surface area contributed by atoms with Crippen molar-refractivity contribution in [1.29, 1.82) is 0 Å². The van der Waals surface area contributed by atoms with Gasteiger partial charge >= 0.3 is 0 Å². The molecule has 5 rings (SSSR count). The van der Waals surface area contributed by atoms with Crippen LogP contribution in [0, 0.1) is 34.5 Å². The van der Waals surface area contributed by atoms with Gasteiger partial charge in [0.2, 0.25) is 11.8 Å². The van der Waals surface area contributed by atoms with E-state index >= 15 is 0 Å². The van der Waals surface area contributed by atoms with Gasteiger partial charge in [0.15, 0.2) is 0 Å². The van der Waals surface area contributed by atoms with Crippen molar-refractivity contribution < 1.29 is 9.59 Å². The topological polar surface area (TPSA) is 49.4 Å². The first-order chi connectivity index (χ1) is 14.4. The van der Waals surface area contributed by atoms with E-state index in [-0.39, 0.29) is 22.7 Å². The fraction of sp³-hybridized carbons (Fsp3) is 0.846. The summed E-state index contributed by atoms with van der Waals surface area (Å²) in [6.07, 6.45) is 17.3. The molecule has 0 aromatic rings. The minimum absolute atomic E-state index is 0.0800. The number of carbonyl (C=O) groups is 2. The van der Waals surface area contributed by atoms with Crippen molar-refractivity contribution in [3.05, 3.63) is 12.2 Å². The summed E-state index contributed by atoms with van der Waals surface area (Å²) in [4.78, 5) is 27.8. The Morgan fingerprint density at radius 2 is 1.70 bits per heavy atom. The standard InChI is InChI=1S/C26H40N2O2/c1-25-14-12-20-18(8-11-22-26(20,2)15-13-23(29)27-22)19(25)9-10-21(25)24(30)28-16-6-4-3-5-7-17-28/h13,15,18-22H,3-12,14,16-17H2,1-2H3,(H,27,29)/t18-,19-,20-,21+,22+,25-,26+/m0/s1. The van der Waals surface area contributed by atoms with E-state index in [9.17, 15) is 9.59 Å². The lowest BCUT2D eigenvalue weighted by atomic mass is 9.48. The largest absolute Gasteiger partial charge is 0.349 e. The van der Waals surface area contributed by atoms with Crippen molar-refractivity contribution >= 4 is 11.8 Å². The third kappa shape index (κ3) is 3.15. The molecule has 7 atom stereocenters. The molecule has 30 heavy (non-hydrogen) atoms. The molecule has 1 saturated heterocycles. The van der Waals surface area contributed by atoms with Crippen LogP contribution in [-0.4, -0.2) is 35.8 Å². The molecule has 0 bridgehead atoms. The molecule has 2 amide bonds. The molecule has 166 valence electrons. The van der Waals surface area contributed by atoms with Gasteiger partial charge in [-0.3, -0.25) is 9.59 Å². The summed E-state index contributed by atoms with van der Waals surface area (Å²) in [5.74, 6) is 2.80. The van der Waals surface area contributed by atoms with Crippen LogP contribution in [0.25, 0.3) is 0 Å².